The minimum Gasteiger partial charge on any atom is -0.507 e. The van der Waals surface area contributed by atoms with Gasteiger partial charge in [-0.25, -0.2) is 4.39 Å². The SMILES string of the molecule is CC(=O)Nc1cc(O)c(I)cc1F. The van der Waals surface area contributed by atoms with Crippen molar-refractivity contribution in [3.8, 4) is 5.75 Å². The number of amides is 1. The van der Waals surface area contributed by atoms with Crippen LogP contribution in [0.15, 0.2) is 12.1 Å². The standard InChI is InChI=1S/C8H7FINO2/c1-4(12)11-7-3-8(13)6(10)2-5(7)9/h2-3,13H,1H3,(H,11,12). The van der Waals surface area contributed by atoms with Gasteiger partial charge >= 0.3 is 0 Å². The van der Waals surface area contributed by atoms with Crippen molar-refractivity contribution in [2.45, 2.75) is 6.92 Å². The molecule has 5 heteroatoms. The highest BCUT2D eigenvalue weighted by atomic mass is 127. The van der Waals surface area contributed by atoms with Crippen LogP contribution in [0.3, 0.4) is 0 Å². The summed E-state index contributed by atoms with van der Waals surface area (Å²) in [6, 6.07) is 2.33. The summed E-state index contributed by atoms with van der Waals surface area (Å²) in [6.07, 6.45) is 0. The van der Waals surface area contributed by atoms with Crippen LogP contribution in [0.2, 0.25) is 0 Å². The summed E-state index contributed by atoms with van der Waals surface area (Å²) in [6.45, 7) is 1.27. The third kappa shape index (κ3) is 2.55. The fourth-order valence-corrected chi connectivity index (χ4v) is 1.25. The Morgan fingerprint density at radius 2 is 2.23 bits per heavy atom. The second-order valence-corrected chi connectivity index (χ2v) is 3.63. The Morgan fingerprint density at radius 1 is 1.62 bits per heavy atom. The highest BCUT2D eigenvalue weighted by Crippen LogP contribution is 2.26. The Hall–Kier alpha value is -0.850. The van der Waals surface area contributed by atoms with Crippen molar-refractivity contribution >= 4 is 34.2 Å². The van der Waals surface area contributed by atoms with Crippen LogP contribution in [0.25, 0.3) is 0 Å². The number of carbonyl (C=O) groups is 1. The van der Waals surface area contributed by atoms with Gasteiger partial charge in [0.1, 0.15) is 11.6 Å². The van der Waals surface area contributed by atoms with Crippen LogP contribution in [-0.4, -0.2) is 11.0 Å². The number of halogens is 2. The number of nitrogens with one attached hydrogen (secondary N) is 1. The molecule has 2 N–H and O–H groups in total. The molecule has 0 spiro atoms. The number of anilines is 1. The fourth-order valence-electron chi connectivity index (χ4n) is 0.823. The highest BCUT2D eigenvalue weighted by Gasteiger charge is 2.07. The fraction of sp³-hybridized carbons (Fsp3) is 0.125. The van der Waals surface area contributed by atoms with Gasteiger partial charge in [0.2, 0.25) is 5.91 Å². The maximum absolute atomic E-state index is 13.1. The van der Waals surface area contributed by atoms with Crippen LogP contribution in [0.5, 0.6) is 5.75 Å². The number of phenols is 1. The van der Waals surface area contributed by atoms with Crippen LogP contribution in [0.4, 0.5) is 10.1 Å². The van der Waals surface area contributed by atoms with Crippen LogP contribution >= 0.6 is 22.6 Å². The Bertz CT molecular complexity index is 354. The summed E-state index contributed by atoms with van der Waals surface area (Å²) in [4.78, 5) is 10.6. The first-order chi connectivity index (χ1) is 6.00. The van der Waals surface area contributed by atoms with E-state index in [1.54, 1.807) is 22.6 Å². The summed E-state index contributed by atoms with van der Waals surface area (Å²) in [5, 5.41) is 11.5. The van der Waals surface area contributed by atoms with Crippen molar-refractivity contribution in [2.75, 3.05) is 5.32 Å². The minimum absolute atomic E-state index is 0.00887. The van der Waals surface area contributed by atoms with Crippen molar-refractivity contribution in [1.29, 1.82) is 0 Å². The summed E-state index contributed by atoms with van der Waals surface area (Å²) >= 11 is 1.80. The van der Waals surface area contributed by atoms with Crippen molar-refractivity contribution in [3.05, 3.63) is 21.5 Å². The predicted molar refractivity (Wildman–Crippen MR) is 55.1 cm³/mol. The van der Waals surface area contributed by atoms with Gasteiger partial charge in [-0.15, -0.1) is 0 Å². The predicted octanol–water partition coefficient (Wildman–Crippen LogP) is 2.09. The zero-order valence-electron chi connectivity index (χ0n) is 6.77. The second-order valence-electron chi connectivity index (χ2n) is 2.46. The Morgan fingerprint density at radius 3 is 2.77 bits per heavy atom. The quantitative estimate of drug-likeness (QED) is 0.779. The molecule has 0 saturated carbocycles. The minimum atomic E-state index is -0.558. The monoisotopic (exact) mass is 295 g/mol. The third-order valence-corrected chi connectivity index (χ3v) is 2.21. The van der Waals surface area contributed by atoms with Gasteiger partial charge in [-0.2, -0.15) is 0 Å². The average molecular weight is 295 g/mol. The van der Waals surface area contributed by atoms with Gasteiger partial charge in [-0.1, -0.05) is 0 Å². The van der Waals surface area contributed by atoms with E-state index in [4.69, 9.17) is 0 Å². The lowest BCUT2D eigenvalue weighted by atomic mass is 10.3. The smallest absolute Gasteiger partial charge is 0.221 e. The van der Waals surface area contributed by atoms with E-state index < -0.39 is 5.82 Å². The third-order valence-electron chi connectivity index (χ3n) is 1.35. The van der Waals surface area contributed by atoms with Crippen LogP contribution < -0.4 is 5.32 Å². The molecule has 0 bridgehead atoms. The van der Waals surface area contributed by atoms with E-state index in [1.807, 2.05) is 0 Å². The number of hydrogen-bond donors (Lipinski definition) is 2. The lowest BCUT2D eigenvalue weighted by Gasteiger charge is -2.05. The van der Waals surface area contributed by atoms with E-state index in [2.05, 4.69) is 5.32 Å². The normalized spacial score (nSPS) is 9.77. The molecule has 1 rings (SSSR count). The van der Waals surface area contributed by atoms with Crippen LogP contribution in [0.1, 0.15) is 6.92 Å². The molecular weight excluding hydrogens is 288 g/mol. The number of rotatable bonds is 1. The number of carbonyl (C=O) groups excluding carboxylic acids is 1. The van der Waals surface area contributed by atoms with E-state index >= 15 is 0 Å². The molecule has 1 aromatic carbocycles. The van der Waals surface area contributed by atoms with Crippen molar-refractivity contribution in [1.82, 2.24) is 0 Å². The number of aromatic hydroxyl groups is 1. The van der Waals surface area contributed by atoms with Crippen molar-refractivity contribution in [3.63, 3.8) is 0 Å². The summed E-state index contributed by atoms with van der Waals surface area (Å²) < 4.78 is 13.5. The van der Waals surface area contributed by atoms with Gasteiger partial charge in [0, 0.05) is 13.0 Å². The lowest BCUT2D eigenvalue weighted by molar-refractivity contribution is -0.114. The molecule has 70 valence electrons. The molecule has 3 nitrogen and oxygen atoms in total. The first-order valence-corrected chi connectivity index (χ1v) is 4.54. The Labute approximate surface area is 88.1 Å². The number of hydrogen-bond acceptors (Lipinski definition) is 2. The van der Waals surface area contributed by atoms with Gasteiger partial charge < -0.3 is 10.4 Å². The summed E-state index contributed by atoms with van der Waals surface area (Å²) in [5.74, 6) is -0.984. The first-order valence-electron chi connectivity index (χ1n) is 3.46. The van der Waals surface area contributed by atoms with E-state index in [9.17, 15) is 14.3 Å². The van der Waals surface area contributed by atoms with Crippen LogP contribution in [0, 0.1) is 9.39 Å². The molecule has 1 amide bonds. The second kappa shape index (κ2) is 3.91. The largest absolute Gasteiger partial charge is 0.507 e. The van der Waals surface area contributed by atoms with Gasteiger partial charge in [-0.3, -0.25) is 4.79 Å². The molecular formula is C8H7FINO2. The molecule has 0 fully saturated rings. The zero-order chi connectivity index (χ0) is 10.0. The molecule has 0 unspecified atom stereocenters. The molecule has 0 heterocycles. The first kappa shape index (κ1) is 10.2. The highest BCUT2D eigenvalue weighted by molar-refractivity contribution is 14.1. The van der Waals surface area contributed by atoms with E-state index in [0.29, 0.717) is 3.57 Å². The van der Waals surface area contributed by atoms with Gasteiger partial charge in [-0.05, 0) is 28.7 Å². The number of phenolic OH excluding ortho intramolecular Hbond substituents is 1. The van der Waals surface area contributed by atoms with Gasteiger partial charge in [0.25, 0.3) is 0 Å². The number of benzene rings is 1. The summed E-state index contributed by atoms with van der Waals surface area (Å²) in [5.41, 5.74) is -0.00887. The Balaban J connectivity index is 3.08. The van der Waals surface area contributed by atoms with E-state index in [-0.39, 0.29) is 17.3 Å². The molecule has 1 aromatic rings. The van der Waals surface area contributed by atoms with E-state index in [1.165, 1.54) is 13.0 Å². The molecule has 0 aliphatic heterocycles. The summed E-state index contributed by atoms with van der Waals surface area (Å²) in [7, 11) is 0. The molecule has 0 aliphatic rings. The van der Waals surface area contributed by atoms with Gasteiger partial charge in [0.05, 0.1) is 9.26 Å². The van der Waals surface area contributed by atoms with Crippen molar-refractivity contribution in [2.24, 2.45) is 0 Å². The molecule has 0 saturated heterocycles. The molecule has 0 aliphatic carbocycles. The molecule has 0 radical (unpaired) electrons. The molecule has 0 aromatic heterocycles. The zero-order valence-corrected chi connectivity index (χ0v) is 8.92. The average Bonchev–Trinajstić information content (AvgIpc) is 1.99. The van der Waals surface area contributed by atoms with Crippen molar-refractivity contribution < 1.29 is 14.3 Å². The van der Waals surface area contributed by atoms with Crippen LogP contribution in [-0.2, 0) is 4.79 Å². The molecule has 13 heavy (non-hydrogen) atoms. The Kier molecular flexibility index (Phi) is 3.07. The topological polar surface area (TPSA) is 49.3 Å². The lowest BCUT2D eigenvalue weighted by Crippen LogP contribution is -2.07. The maximum Gasteiger partial charge on any atom is 0.221 e. The van der Waals surface area contributed by atoms with Gasteiger partial charge in [0.15, 0.2) is 0 Å². The molecule has 0 atom stereocenters. The van der Waals surface area contributed by atoms with E-state index in [0.717, 1.165) is 6.07 Å². The maximum atomic E-state index is 13.1.